The van der Waals surface area contributed by atoms with Crippen molar-refractivity contribution < 1.29 is 22.7 Å². The average molecular weight is 593 g/mol. The van der Waals surface area contributed by atoms with E-state index in [0.29, 0.717) is 36.7 Å². The van der Waals surface area contributed by atoms with Crippen LogP contribution in [0.4, 0.5) is 13.2 Å². The molecule has 2 aromatic heterocycles. The number of carbonyl (C=O) groups is 1. The van der Waals surface area contributed by atoms with Crippen molar-refractivity contribution >= 4 is 11.4 Å². The maximum absolute atomic E-state index is 14.1. The number of amides is 1. The van der Waals surface area contributed by atoms with Gasteiger partial charge < -0.3 is 14.5 Å². The number of alkyl halides is 3. The number of aryl methyl sites for hydroxylation is 1. The molecule has 1 amide bonds. The first-order valence-corrected chi connectivity index (χ1v) is 14.7. The Morgan fingerprint density at radius 3 is 2.53 bits per heavy atom. The van der Waals surface area contributed by atoms with Gasteiger partial charge in [-0.05, 0) is 72.0 Å². The molecule has 2 aromatic carbocycles. The van der Waals surface area contributed by atoms with Gasteiger partial charge in [0.05, 0.1) is 12.0 Å². The smallest absolute Gasteiger partial charge is 0.416 e. The van der Waals surface area contributed by atoms with Crippen molar-refractivity contribution in [1.29, 1.82) is 0 Å². The number of benzene rings is 2. The Kier molecular flexibility index (Phi) is 8.11. The molecule has 6 rings (SSSR count). The summed E-state index contributed by atoms with van der Waals surface area (Å²) in [5, 5.41) is 4.21. The second-order valence-corrected chi connectivity index (χ2v) is 11.4. The molecule has 2 aliphatic heterocycles. The highest BCUT2D eigenvalue weighted by molar-refractivity contribution is 5.79. The molecule has 43 heavy (non-hydrogen) atoms. The molecule has 0 atom stereocenters. The van der Waals surface area contributed by atoms with Crippen LogP contribution in [0, 0.1) is 6.92 Å². The first-order chi connectivity index (χ1) is 20.7. The van der Waals surface area contributed by atoms with Crippen LogP contribution in [0.1, 0.15) is 40.3 Å². The number of rotatable bonds is 7. The minimum absolute atomic E-state index is 0.0868. The summed E-state index contributed by atoms with van der Waals surface area (Å²) < 4.78 is 50.1. The van der Waals surface area contributed by atoms with Crippen LogP contribution in [-0.4, -0.2) is 74.5 Å². The van der Waals surface area contributed by atoms with Crippen LogP contribution in [0.15, 0.2) is 55.0 Å². The molecule has 4 heterocycles. The van der Waals surface area contributed by atoms with Crippen LogP contribution in [0.25, 0.3) is 5.52 Å². The zero-order valence-corrected chi connectivity index (χ0v) is 24.4. The third-order valence-electron chi connectivity index (χ3n) is 8.41. The number of fused-ring (bicyclic) bond motifs is 2. The second kappa shape index (κ2) is 12.0. The van der Waals surface area contributed by atoms with Gasteiger partial charge in [0, 0.05) is 52.0 Å². The molecule has 0 saturated carbocycles. The molecular formula is C32H35F3N6O2. The van der Waals surface area contributed by atoms with Crippen LogP contribution in [-0.2, 0) is 36.9 Å². The predicted octanol–water partition coefficient (Wildman–Crippen LogP) is 5.11. The number of nitrogens with zero attached hydrogens (tertiary/aromatic N) is 6. The topological polar surface area (TPSA) is 66.2 Å². The highest BCUT2D eigenvalue weighted by Crippen LogP contribution is 2.34. The Morgan fingerprint density at radius 2 is 1.77 bits per heavy atom. The zero-order valence-electron chi connectivity index (χ0n) is 24.4. The maximum Gasteiger partial charge on any atom is 0.416 e. The summed E-state index contributed by atoms with van der Waals surface area (Å²) in [6, 6.07) is 12.1. The van der Waals surface area contributed by atoms with Gasteiger partial charge in [-0.3, -0.25) is 9.69 Å². The number of halogens is 3. The fraction of sp³-hybridized carbons (Fsp3) is 0.406. The lowest BCUT2D eigenvalue weighted by Gasteiger charge is -2.34. The monoisotopic (exact) mass is 592 g/mol. The average Bonchev–Trinajstić information content (AvgIpc) is 3.38. The molecule has 0 unspecified atom stereocenters. The quantitative estimate of drug-likeness (QED) is 0.297. The van der Waals surface area contributed by atoms with Crippen LogP contribution in [0.3, 0.4) is 0 Å². The number of likely N-dealkylation sites (N-methyl/N-ethyl adjacent to an activating group) is 1. The molecular weight excluding hydrogens is 557 g/mol. The van der Waals surface area contributed by atoms with Crippen molar-refractivity contribution in [2.75, 3.05) is 39.3 Å². The molecule has 1 fully saturated rings. The van der Waals surface area contributed by atoms with Gasteiger partial charge in [0.1, 0.15) is 17.6 Å². The van der Waals surface area contributed by atoms with Gasteiger partial charge >= 0.3 is 6.18 Å². The lowest BCUT2D eigenvalue weighted by molar-refractivity contribution is -0.138. The van der Waals surface area contributed by atoms with Gasteiger partial charge in [-0.15, -0.1) is 0 Å². The zero-order chi connectivity index (χ0) is 30.1. The van der Waals surface area contributed by atoms with Crippen LogP contribution < -0.4 is 4.74 Å². The Bertz CT molecular complexity index is 1630. The van der Waals surface area contributed by atoms with E-state index in [2.05, 4.69) is 26.8 Å². The molecule has 226 valence electrons. The summed E-state index contributed by atoms with van der Waals surface area (Å²) in [6.45, 7) is 9.32. The van der Waals surface area contributed by atoms with E-state index in [1.54, 1.807) is 21.5 Å². The predicted molar refractivity (Wildman–Crippen MR) is 156 cm³/mol. The van der Waals surface area contributed by atoms with Crippen molar-refractivity contribution in [3.8, 4) is 11.6 Å². The van der Waals surface area contributed by atoms with Crippen molar-refractivity contribution in [1.82, 2.24) is 29.3 Å². The van der Waals surface area contributed by atoms with Gasteiger partial charge in [0.2, 0.25) is 11.8 Å². The van der Waals surface area contributed by atoms with Gasteiger partial charge in [-0.1, -0.05) is 25.1 Å². The number of hydrogen-bond acceptors (Lipinski definition) is 6. The third kappa shape index (κ3) is 6.52. The Morgan fingerprint density at radius 1 is 0.977 bits per heavy atom. The molecule has 2 aliphatic rings. The van der Waals surface area contributed by atoms with E-state index >= 15 is 0 Å². The number of ether oxygens (including phenoxy) is 1. The minimum Gasteiger partial charge on any atom is -0.437 e. The molecule has 0 aliphatic carbocycles. The number of hydrogen-bond donors (Lipinski definition) is 0. The van der Waals surface area contributed by atoms with E-state index in [4.69, 9.17) is 4.74 Å². The third-order valence-corrected chi connectivity index (χ3v) is 8.41. The van der Waals surface area contributed by atoms with Gasteiger partial charge in [0.15, 0.2) is 0 Å². The molecule has 0 N–H and O–H groups in total. The molecule has 11 heteroatoms. The van der Waals surface area contributed by atoms with E-state index < -0.39 is 11.7 Å². The molecule has 0 bridgehead atoms. The Labute approximate surface area is 248 Å². The number of carbonyl (C=O) groups excluding carboxylic acids is 1. The highest BCUT2D eigenvalue weighted by atomic mass is 19.4. The molecule has 8 nitrogen and oxygen atoms in total. The van der Waals surface area contributed by atoms with Crippen molar-refractivity contribution in [3.63, 3.8) is 0 Å². The Hall–Kier alpha value is -3.96. The standard InChI is InChI=1S/C32H35F3N6O2/c1-3-38-10-12-39(13-11-38)19-25-5-4-23(15-28(25)32(33,34)35)16-30(42)40-9-8-24-6-7-27(17-26(24)20-40)43-31-29-14-22(2)18-41(29)37-21-36-31/h4-7,14-15,17-18,21H,3,8-13,16,19-20H2,1-2H3. The molecule has 0 spiro atoms. The summed E-state index contributed by atoms with van der Waals surface area (Å²) in [6.07, 6.45) is -0.592. The minimum atomic E-state index is -4.49. The van der Waals surface area contributed by atoms with Gasteiger partial charge in [-0.25, -0.2) is 4.52 Å². The normalized spacial score (nSPS) is 16.4. The largest absolute Gasteiger partial charge is 0.437 e. The second-order valence-electron chi connectivity index (χ2n) is 11.4. The summed E-state index contributed by atoms with van der Waals surface area (Å²) in [5.74, 6) is 0.822. The summed E-state index contributed by atoms with van der Waals surface area (Å²) >= 11 is 0. The van der Waals surface area contributed by atoms with Crippen LogP contribution in [0.5, 0.6) is 11.6 Å². The van der Waals surface area contributed by atoms with E-state index in [-0.39, 0.29) is 24.4 Å². The van der Waals surface area contributed by atoms with Gasteiger partial charge in [0.25, 0.3) is 0 Å². The first-order valence-electron chi connectivity index (χ1n) is 14.7. The lowest BCUT2D eigenvalue weighted by atomic mass is 9.97. The molecule has 0 radical (unpaired) electrons. The van der Waals surface area contributed by atoms with Crippen molar-refractivity contribution in [3.05, 3.63) is 88.4 Å². The lowest BCUT2D eigenvalue weighted by Crippen LogP contribution is -2.45. The fourth-order valence-corrected chi connectivity index (χ4v) is 5.96. The SMILES string of the molecule is CCN1CCN(Cc2ccc(CC(=O)N3CCc4ccc(Oc5ncnn6cc(C)cc56)cc4C3)cc2C(F)(F)F)CC1. The highest BCUT2D eigenvalue weighted by Gasteiger charge is 2.34. The van der Waals surface area contributed by atoms with Crippen LogP contribution >= 0.6 is 0 Å². The molecule has 1 saturated heterocycles. The first kappa shape index (κ1) is 29.1. The van der Waals surface area contributed by atoms with E-state index in [0.717, 1.165) is 61.0 Å². The van der Waals surface area contributed by atoms with E-state index in [1.165, 1.54) is 6.33 Å². The van der Waals surface area contributed by atoms with E-state index in [9.17, 15) is 18.0 Å². The fourth-order valence-electron chi connectivity index (χ4n) is 5.96. The van der Waals surface area contributed by atoms with Gasteiger partial charge in [-0.2, -0.15) is 23.3 Å². The molecule has 4 aromatic rings. The number of piperazine rings is 1. The summed E-state index contributed by atoms with van der Waals surface area (Å²) in [7, 11) is 0. The maximum atomic E-state index is 14.1. The van der Waals surface area contributed by atoms with Crippen molar-refractivity contribution in [2.45, 2.75) is 46.0 Å². The van der Waals surface area contributed by atoms with Crippen LogP contribution in [0.2, 0.25) is 0 Å². The Balaban J connectivity index is 1.14. The number of aromatic nitrogens is 3. The summed E-state index contributed by atoms with van der Waals surface area (Å²) in [4.78, 5) is 23.7. The van der Waals surface area contributed by atoms with Crippen molar-refractivity contribution in [2.24, 2.45) is 0 Å². The van der Waals surface area contributed by atoms with E-state index in [1.807, 2.05) is 37.4 Å². The summed E-state index contributed by atoms with van der Waals surface area (Å²) in [5.41, 5.74) is 3.82.